The van der Waals surface area contributed by atoms with Gasteiger partial charge >= 0.3 is 0 Å². The maximum absolute atomic E-state index is 12.3. The summed E-state index contributed by atoms with van der Waals surface area (Å²) >= 11 is 0. The molecule has 0 spiro atoms. The number of carbonyl (C=O) groups excluding carboxylic acids is 1. The van der Waals surface area contributed by atoms with E-state index in [-0.39, 0.29) is 5.92 Å². The molecule has 2 rings (SSSR count). The Hall–Kier alpha value is -0.570. The molecule has 0 aromatic carbocycles. The van der Waals surface area contributed by atoms with E-state index in [0.717, 1.165) is 38.9 Å². The third-order valence-corrected chi connectivity index (χ3v) is 3.96. The van der Waals surface area contributed by atoms with E-state index in [1.807, 2.05) is 0 Å². The Morgan fingerprint density at radius 2 is 2.19 bits per heavy atom. The number of hydrogen-bond donors (Lipinski definition) is 1. The van der Waals surface area contributed by atoms with Crippen molar-refractivity contribution in [1.82, 2.24) is 10.2 Å². The zero-order valence-corrected chi connectivity index (χ0v) is 10.8. The maximum atomic E-state index is 12.3. The summed E-state index contributed by atoms with van der Waals surface area (Å²) in [6, 6.07) is 0.498. The predicted molar refractivity (Wildman–Crippen MR) is 65.2 cm³/mol. The first-order valence-corrected chi connectivity index (χ1v) is 6.50. The van der Waals surface area contributed by atoms with Crippen LogP contribution in [0.1, 0.15) is 40.0 Å². The number of likely N-dealkylation sites (tertiary alicyclic amines) is 1. The molecular weight excluding hydrogens is 200 g/mol. The molecule has 2 atom stereocenters. The Kier molecular flexibility index (Phi) is 3.24. The van der Waals surface area contributed by atoms with Crippen LogP contribution in [0.4, 0.5) is 0 Å². The van der Waals surface area contributed by atoms with Gasteiger partial charge in [-0.05, 0) is 38.1 Å². The summed E-state index contributed by atoms with van der Waals surface area (Å²) in [5.74, 6) is 0.670. The summed E-state index contributed by atoms with van der Waals surface area (Å²) in [6.45, 7) is 9.59. The van der Waals surface area contributed by atoms with Gasteiger partial charge in [-0.3, -0.25) is 4.79 Å². The smallest absolute Gasteiger partial charge is 0.225 e. The number of nitrogens with one attached hydrogen (secondary N) is 1. The van der Waals surface area contributed by atoms with Crippen LogP contribution in [-0.2, 0) is 4.79 Å². The van der Waals surface area contributed by atoms with Crippen molar-refractivity contribution in [2.75, 3.05) is 19.6 Å². The summed E-state index contributed by atoms with van der Waals surface area (Å²) in [5, 5.41) is 3.40. The summed E-state index contributed by atoms with van der Waals surface area (Å²) in [5.41, 5.74) is 0.328. The fraction of sp³-hybridized carbons (Fsp3) is 0.923. The Balaban J connectivity index is 1.92. The fourth-order valence-electron chi connectivity index (χ4n) is 2.91. The first-order valence-electron chi connectivity index (χ1n) is 6.50. The van der Waals surface area contributed by atoms with Gasteiger partial charge in [-0.15, -0.1) is 0 Å². The zero-order chi connectivity index (χ0) is 11.8. The summed E-state index contributed by atoms with van der Waals surface area (Å²) in [4.78, 5) is 14.4. The van der Waals surface area contributed by atoms with Crippen LogP contribution in [-0.4, -0.2) is 36.5 Å². The number of hydrogen-bond acceptors (Lipinski definition) is 2. The van der Waals surface area contributed by atoms with E-state index in [2.05, 4.69) is 31.0 Å². The van der Waals surface area contributed by atoms with E-state index in [0.29, 0.717) is 17.4 Å². The minimum atomic E-state index is 0.269. The van der Waals surface area contributed by atoms with Crippen molar-refractivity contribution in [3.05, 3.63) is 0 Å². The molecule has 3 heteroatoms. The SMILES string of the molecule is CC1CC(C(=O)N2CCC(C)(C)C2)CCN1. The monoisotopic (exact) mass is 224 g/mol. The number of carbonyl (C=O) groups is 1. The van der Waals surface area contributed by atoms with Crippen molar-refractivity contribution in [3.8, 4) is 0 Å². The zero-order valence-electron chi connectivity index (χ0n) is 10.8. The molecule has 0 bridgehead atoms. The Morgan fingerprint density at radius 3 is 2.75 bits per heavy atom. The first-order chi connectivity index (χ1) is 7.48. The largest absolute Gasteiger partial charge is 0.342 e. The average molecular weight is 224 g/mol. The molecule has 0 aromatic heterocycles. The molecule has 1 amide bonds. The second kappa shape index (κ2) is 4.36. The minimum absolute atomic E-state index is 0.269. The van der Waals surface area contributed by atoms with Gasteiger partial charge in [-0.1, -0.05) is 13.8 Å². The highest BCUT2D eigenvalue weighted by atomic mass is 16.2. The van der Waals surface area contributed by atoms with E-state index in [9.17, 15) is 4.79 Å². The Bertz CT molecular complexity index is 271. The van der Waals surface area contributed by atoms with E-state index in [1.54, 1.807) is 0 Å². The van der Waals surface area contributed by atoms with Crippen LogP contribution in [0.2, 0.25) is 0 Å². The number of amides is 1. The summed E-state index contributed by atoms with van der Waals surface area (Å²) in [6.07, 6.45) is 3.18. The highest BCUT2D eigenvalue weighted by molar-refractivity contribution is 5.79. The number of rotatable bonds is 1. The van der Waals surface area contributed by atoms with Gasteiger partial charge in [-0.25, -0.2) is 0 Å². The molecule has 2 fully saturated rings. The second-order valence-corrected chi connectivity index (χ2v) is 6.25. The van der Waals surface area contributed by atoms with Crippen molar-refractivity contribution < 1.29 is 4.79 Å². The predicted octanol–water partition coefficient (Wildman–Crippen LogP) is 1.63. The lowest BCUT2D eigenvalue weighted by Gasteiger charge is -2.30. The molecule has 1 N–H and O–H groups in total. The van der Waals surface area contributed by atoms with Crippen LogP contribution in [0.5, 0.6) is 0 Å². The fourth-order valence-corrected chi connectivity index (χ4v) is 2.91. The molecule has 2 heterocycles. The van der Waals surface area contributed by atoms with Crippen LogP contribution in [0.3, 0.4) is 0 Å². The first kappa shape index (κ1) is 11.9. The van der Waals surface area contributed by atoms with Gasteiger partial charge in [0.05, 0.1) is 0 Å². The molecule has 3 nitrogen and oxygen atoms in total. The Labute approximate surface area is 98.6 Å². The van der Waals surface area contributed by atoms with E-state index >= 15 is 0 Å². The summed E-state index contributed by atoms with van der Waals surface area (Å²) < 4.78 is 0. The normalized spacial score (nSPS) is 34.1. The lowest BCUT2D eigenvalue weighted by atomic mass is 9.91. The van der Waals surface area contributed by atoms with Crippen LogP contribution in [0, 0.1) is 11.3 Å². The third-order valence-electron chi connectivity index (χ3n) is 3.96. The molecule has 0 aromatic rings. The quantitative estimate of drug-likeness (QED) is 0.734. The molecule has 0 radical (unpaired) electrons. The van der Waals surface area contributed by atoms with Gasteiger partial charge in [0.2, 0.25) is 5.91 Å². The van der Waals surface area contributed by atoms with Gasteiger partial charge in [0.1, 0.15) is 0 Å². The van der Waals surface area contributed by atoms with E-state index in [1.165, 1.54) is 0 Å². The van der Waals surface area contributed by atoms with E-state index in [4.69, 9.17) is 0 Å². The molecular formula is C13H24N2O. The standard InChI is InChI=1S/C13H24N2O/c1-10-8-11(4-6-14-10)12(16)15-7-5-13(2,3)9-15/h10-11,14H,4-9H2,1-3H3. The van der Waals surface area contributed by atoms with Crippen molar-refractivity contribution in [3.63, 3.8) is 0 Å². The molecule has 0 aliphatic carbocycles. The van der Waals surface area contributed by atoms with Crippen molar-refractivity contribution in [2.45, 2.75) is 46.1 Å². The number of piperidine rings is 1. The highest BCUT2D eigenvalue weighted by Gasteiger charge is 2.35. The summed E-state index contributed by atoms with van der Waals surface area (Å²) in [7, 11) is 0. The van der Waals surface area contributed by atoms with Crippen molar-refractivity contribution in [1.29, 1.82) is 0 Å². The van der Waals surface area contributed by atoms with E-state index < -0.39 is 0 Å². The van der Waals surface area contributed by atoms with Crippen LogP contribution >= 0.6 is 0 Å². The van der Waals surface area contributed by atoms with Crippen molar-refractivity contribution in [2.24, 2.45) is 11.3 Å². The van der Waals surface area contributed by atoms with Gasteiger partial charge in [0.25, 0.3) is 0 Å². The third kappa shape index (κ3) is 2.57. The van der Waals surface area contributed by atoms with Gasteiger partial charge in [-0.2, -0.15) is 0 Å². The lowest BCUT2D eigenvalue weighted by molar-refractivity contribution is -0.136. The topological polar surface area (TPSA) is 32.3 Å². The highest BCUT2D eigenvalue weighted by Crippen LogP contribution is 2.31. The van der Waals surface area contributed by atoms with Gasteiger partial charge in [0.15, 0.2) is 0 Å². The maximum Gasteiger partial charge on any atom is 0.225 e. The lowest BCUT2D eigenvalue weighted by Crippen LogP contribution is -2.43. The van der Waals surface area contributed by atoms with Crippen LogP contribution < -0.4 is 5.32 Å². The van der Waals surface area contributed by atoms with Gasteiger partial charge in [0, 0.05) is 25.0 Å². The molecule has 2 saturated heterocycles. The molecule has 2 aliphatic heterocycles. The molecule has 2 unspecified atom stereocenters. The molecule has 2 aliphatic rings. The average Bonchev–Trinajstić information content (AvgIpc) is 2.58. The van der Waals surface area contributed by atoms with Crippen LogP contribution in [0.25, 0.3) is 0 Å². The van der Waals surface area contributed by atoms with Gasteiger partial charge < -0.3 is 10.2 Å². The molecule has 16 heavy (non-hydrogen) atoms. The van der Waals surface area contributed by atoms with Crippen LogP contribution in [0.15, 0.2) is 0 Å². The molecule has 92 valence electrons. The molecule has 0 saturated carbocycles. The second-order valence-electron chi connectivity index (χ2n) is 6.25. The van der Waals surface area contributed by atoms with Crippen molar-refractivity contribution >= 4 is 5.91 Å². The Morgan fingerprint density at radius 1 is 1.44 bits per heavy atom. The minimum Gasteiger partial charge on any atom is -0.342 e. The number of nitrogens with zero attached hydrogens (tertiary/aromatic N) is 1.